The van der Waals surface area contributed by atoms with Gasteiger partial charge in [0.15, 0.2) is 0 Å². The zero-order valence-electron chi connectivity index (χ0n) is 8.38. The van der Waals surface area contributed by atoms with Crippen LogP contribution in [0, 0.1) is 5.82 Å². The van der Waals surface area contributed by atoms with Crippen molar-refractivity contribution in [3.05, 3.63) is 40.7 Å². The minimum absolute atomic E-state index is 0.235. The van der Waals surface area contributed by atoms with Crippen molar-refractivity contribution in [1.29, 1.82) is 0 Å². The first-order chi connectivity index (χ1) is 7.11. The van der Waals surface area contributed by atoms with E-state index in [0.717, 1.165) is 11.1 Å². The standard InChI is InChI=1S/C12H11FO2/c1-7(12(14)15)8-5-6-10-9(8)3-2-4-11(10)13/h2-4H,5-6H2,1H3,(H,14,15)/b8-7+. The first kappa shape index (κ1) is 9.90. The van der Waals surface area contributed by atoms with Gasteiger partial charge in [0, 0.05) is 5.57 Å². The molecule has 0 saturated heterocycles. The number of halogens is 1. The number of carboxylic acids is 1. The van der Waals surface area contributed by atoms with Crippen LogP contribution in [-0.2, 0) is 11.2 Å². The van der Waals surface area contributed by atoms with Crippen LogP contribution in [0.5, 0.6) is 0 Å². The molecular weight excluding hydrogens is 195 g/mol. The van der Waals surface area contributed by atoms with E-state index >= 15 is 0 Å². The molecule has 0 saturated carbocycles. The maximum atomic E-state index is 13.4. The summed E-state index contributed by atoms with van der Waals surface area (Å²) in [6.07, 6.45) is 1.22. The van der Waals surface area contributed by atoms with E-state index < -0.39 is 5.97 Å². The molecule has 78 valence electrons. The van der Waals surface area contributed by atoms with Gasteiger partial charge in [-0.25, -0.2) is 9.18 Å². The maximum absolute atomic E-state index is 13.4. The molecule has 0 bridgehead atoms. The molecule has 0 aliphatic heterocycles. The zero-order valence-corrected chi connectivity index (χ0v) is 8.38. The highest BCUT2D eigenvalue weighted by atomic mass is 19.1. The van der Waals surface area contributed by atoms with Crippen LogP contribution < -0.4 is 0 Å². The molecule has 0 fully saturated rings. The van der Waals surface area contributed by atoms with E-state index in [1.165, 1.54) is 6.07 Å². The number of carboxylic acid groups (broad SMARTS) is 1. The fourth-order valence-corrected chi connectivity index (χ4v) is 2.00. The third-order valence-corrected chi connectivity index (χ3v) is 2.84. The summed E-state index contributed by atoms with van der Waals surface area (Å²) in [6.45, 7) is 1.57. The van der Waals surface area contributed by atoms with Crippen LogP contribution in [-0.4, -0.2) is 11.1 Å². The Labute approximate surface area is 87.0 Å². The highest BCUT2D eigenvalue weighted by molar-refractivity contribution is 5.97. The number of benzene rings is 1. The molecule has 0 heterocycles. The first-order valence-corrected chi connectivity index (χ1v) is 4.82. The predicted octanol–water partition coefficient (Wildman–Crippen LogP) is 2.63. The molecule has 0 radical (unpaired) electrons. The van der Waals surface area contributed by atoms with Crippen LogP contribution in [0.25, 0.3) is 5.57 Å². The number of hydrogen-bond acceptors (Lipinski definition) is 1. The average molecular weight is 206 g/mol. The lowest BCUT2D eigenvalue weighted by Crippen LogP contribution is -1.99. The number of allylic oxidation sites excluding steroid dienone is 1. The second-order valence-electron chi connectivity index (χ2n) is 3.67. The van der Waals surface area contributed by atoms with Crippen molar-refractivity contribution < 1.29 is 14.3 Å². The van der Waals surface area contributed by atoms with Crippen LogP contribution in [0.2, 0.25) is 0 Å². The van der Waals surface area contributed by atoms with Gasteiger partial charge in [-0.05, 0) is 42.5 Å². The van der Waals surface area contributed by atoms with Gasteiger partial charge in [0.05, 0.1) is 0 Å². The van der Waals surface area contributed by atoms with Crippen LogP contribution >= 0.6 is 0 Å². The summed E-state index contributed by atoms with van der Waals surface area (Å²) in [5, 5.41) is 8.89. The number of fused-ring (bicyclic) bond motifs is 1. The van der Waals surface area contributed by atoms with E-state index in [0.29, 0.717) is 24.0 Å². The molecule has 15 heavy (non-hydrogen) atoms. The van der Waals surface area contributed by atoms with Crippen molar-refractivity contribution in [1.82, 2.24) is 0 Å². The SMILES string of the molecule is C/C(C(=O)O)=C1/CCc2c(F)cccc21. The largest absolute Gasteiger partial charge is 0.478 e. The molecule has 0 unspecified atom stereocenters. The van der Waals surface area contributed by atoms with Crippen molar-refractivity contribution >= 4 is 11.5 Å². The summed E-state index contributed by atoms with van der Waals surface area (Å²) in [4.78, 5) is 10.8. The van der Waals surface area contributed by atoms with Crippen LogP contribution in [0.4, 0.5) is 4.39 Å². The quantitative estimate of drug-likeness (QED) is 0.717. The second kappa shape index (κ2) is 3.50. The summed E-state index contributed by atoms with van der Waals surface area (Å²) in [5.41, 5.74) is 2.49. The Morgan fingerprint density at radius 3 is 2.80 bits per heavy atom. The third kappa shape index (κ3) is 1.54. The molecule has 1 aliphatic rings. The van der Waals surface area contributed by atoms with Crippen LogP contribution in [0.1, 0.15) is 24.5 Å². The second-order valence-corrected chi connectivity index (χ2v) is 3.67. The Morgan fingerprint density at radius 2 is 2.13 bits per heavy atom. The van der Waals surface area contributed by atoms with Crippen molar-refractivity contribution in [3.63, 3.8) is 0 Å². The molecule has 0 amide bonds. The maximum Gasteiger partial charge on any atom is 0.331 e. The predicted molar refractivity (Wildman–Crippen MR) is 55.0 cm³/mol. The van der Waals surface area contributed by atoms with Gasteiger partial charge in [-0.2, -0.15) is 0 Å². The van der Waals surface area contributed by atoms with Gasteiger partial charge < -0.3 is 5.11 Å². The van der Waals surface area contributed by atoms with Gasteiger partial charge in [-0.1, -0.05) is 12.1 Å². The normalized spacial score (nSPS) is 17.5. The number of hydrogen-bond donors (Lipinski definition) is 1. The summed E-state index contributed by atoms with van der Waals surface area (Å²) in [5.74, 6) is -1.16. The number of rotatable bonds is 1. The highest BCUT2D eigenvalue weighted by Crippen LogP contribution is 2.35. The summed E-state index contributed by atoms with van der Waals surface area (Å²) in [7, 11) is 0. The minimum atomic E-state index is -0.929. The van der Waals surface area contributed by atoms with E-state index in [4.69, 9.17) is 5.11 Å². The topological polar surface area (TPSA) is 37.3 Å². The van der Waals surface area contributed by atoms with Gasteiger partial charge in [0.2, 0.25) is 0 Å². The fourth-order valence-electron chi connectivity index (χ4n) is 2.00. The van der Waals surface area contributed by atoms with Crippen LogP contribution in [0.15, 0.2) is 23.8 Å². The first-order valence-electron chi connectivity index (χ1n) is 4.82. The lowest BCUT2D eigenvalue weighted by molar-refractivity contribution is -0.132. The smallest absolute Gasteiger partial charge is 0.331 e. The fraction of sp³-hybridized carbons (Fsp3) is 0.250. The number of carbonyl (C=O) groups is 1. The van der Waals surface area contributed by atoms with Gasteiger partial charge in [-0.15, -0.1) is 0 Å². The molecule has 2 rings (SSSR count). The molecule has 0 atom stereocenters. The molecule has 1 aliphatic carbocycles. The van der Waals surface area contributed by atoms with E-state index in [1.54, 1.807) is 19.1 Å². The molecule has 0 spiro atoms. The van der Waals surface area contributed by atoms with Crippen molar-refractivity contribution in [2.24, 2.45) is 0 Å². The van der Waals surface area contributed by atoms with Crippen molar-refractivity contribution in [2.45, 2.75) is 19.8 Å². The van der Waals surface area contributed by atoms with Crippen LogP contribution in [0.3, 0.4) is 0 Å². The Bertz CT molecular complexity index is 461. The summed E-state index contributed by atoms with van der Waals surface area (Å²) in [6, 6.07) is 4.82. The Morgan fingerprint density at radius 1 is 1.40 bits per heavy atom. The minimum Gasteiger partial charge on any atom is -0.478 e. The Kier molecular flexibility index (Phi) is 2.31. The van der Waals surface area contributed by atoms with E-state index in [-0.39, 0.29) is 5.82 Å². The van der Waals surface area contributed by atoms with Gasteiger partial charge in [0.25, 0.3) is 0 Å². The Balaban J connectivity index is 2.59. The van der Waals surface area contributed by atoms with Crippen molar-refractivity contribution in [2.75, 3.05) is 0 Å². The van der Waals surface area contributed by atoms with Crippen molar-refractivity contribution in [3.8, 4) is 0 Å². The highest BCUT2D eigenvalue weighted by Gasteiger charge is 2.22. The van der Waals surface area contributed by atoms with Gasteiger partial charge in [-0.3, -0.25) is 0 Å². The van der Waals surface area contributed by atoms with E-state index in [2.05, 4.69) is 0 Å². The van der Waals surface area contributed by atoms with E-state index in [9.17, 15) is 9.18 Å². The molecule has 1 aromatic rings. The molecule has 0 aromatic heterocycles. The molecule has 2 nitrogen and oxygen atoms in total. The van der Waals surface area contributed by atoms with Gasteiger partial charge >= 0.3 is 5.97 Å². The Hall–Kier alpha value is -1.64. The average Bonchev–Trinajstić information content (AvgIpc) is 2.61. The molecule has 3 heteroatoms. The monoisotopic (exact) mass is 206 g/mol. The third-order valence-electron chi connectivity index (χ3n) is 2.84. The molecular formula is C12H11FO2. The lowest BCUT2D eigenvalue weighted by atomic mass is 10.0. The zero-order chi connectivity index (χ0) is 11.0. The van der Waals surface area contributed by atoms with E-state index in [1.807, 2.05) is 0 Å². The van der Waals surface area contributed by atoms with Gasteiger partial charge in [0.1, 0.15) is 5.82 Å². The molecule has 1 N–H and O–H groups in total. The summed E-state index contributed by atoms with van der Waals surface area (Å²) >= 11 is 0. The molecule has 1 aromatic carbocycles. The summed E-state index contributed by atoms with van der Waals surface area (Å²) < 4.78 is 13.4. The number of aliphatic carboxylic acids is 1. The lowest BCUT2D eigenvalue weighted by Gasteiger charge is -2.03.